The Kier molecular flexibility index (Phi) is 7.33. The predicted molar refractivity (Wildman–Crippen MR) is 129 cm³/mol. The number of ether oxygens (including phenoxy) is 4. The highest BCUT2D eigenvalue weighted by Crippen LogP contribution is 2.42. The molecule has 1 aromatic heterocycles. The van der Waals surface area contributed by atoms with E-state index in [1.165, 1.54) is 0 Å². The van der Waals surface area contributed by atoms with Gasteiger partial charge in [-0.25, -0.2) is 0 Å². The lowest BCUT2D eigenvalue weighted by Gasteiger charge is -2.17. The van der Waals surface area contributed by atoms with Gasteiger partial charge in [-0.05, 0) is 65.2 Å². The molecular weight excluding hydrogens is 438 g/mol. The van der Waals surface area contributed by atoms with Crippen LogP contribution in [0.2, 0.25) is 5.02 Å². The minimum Gasteiger partial charge on any atom is -0.497 e. The summed E-state index contributed by atoms with van der Waals surface area (Å²) in [4.78, 5) is 4.09. The highest BCUT2D eigenvalue weighted by Gasteiger charge is 2.16. The molecule has 5 nitrogen and oxygen atoms in total. The van der Waals surface area contributed by atoms with Gasteiger partial charge in [-0.1, -0.05) is 35.9 Å². The Balaban J connectivity index is 1.60. The molecule has 4 aromatic rings. The van der Waals surface area contributed by atoms with Crippen molar-refractivity contribution in [2.75, 3.05) is 14.2 Å². The highest BCUT2D eigenvalue weighted by atomic mass is 35.5. The van der Waals surface area contributed by atoms with Gasteiger partial charge in [-0.3, -0.25) is 4.98 Å². The Morgan fingerprint density at radius 2 is 1.21 bits per heavy atom. The second-order valence-electron chi connectivity index (χ2n) is 7.26. The van der Waals surface area contributed by atoms with E-state index in [0.29, 0.717) is 29.7 Å². The molecule has 0 aliphatic rings. The molecule has 0 radical (unpaired) electrons. The van der Waals surface area contributed by atoms with Crippen LogP contribution in [-0.4, -0.2) is 19.2 Å². The van der Waals surface area contributed by atoms with Gasteiger partial charge in [-0.15, -0.1) is 0 Å². The summed E-state index contributed by atoms with van der Waals surface area (Å²) >= 11 is 6.82. The fourth-order valence-electron chi connectivity index (χ4n) is 3.30. The number of methoxy groups -OCH3 is 2. The average molecular weight is 462 g/mol. The molecule has 0 N–H and O–H groups in total. The van der Waals surface area contributed by atoms with Crippen LogP contribution >= 0.6 is 11.6 Å². The summed E-state index contributed by atoms with van der Waals surface area (Å²) in [6, 6.07) is 23.1. The van der Waals surface area contributed by atoms with Gasteiger partial charge in [0.25, 0.3) is 0 Å². The zero-order valence-corrected chi connectivity index (χ0v) is 19.2. The van der Waals surface area contributed by atoms with Crippen LogP contribution in [0.5, 0.6) is 23.0 Å². The van der Waals surface area contributed by atoms with E-state index in [9.17, 15) is 0 Å². The number of rotatable bonds is 9. The summed E-state index contributed by atoms with van der Waals surface area (Å²) < 4.78 is 22.7. The third-order valence-corrected chi connectivity index (χ3v) is 5.52. The van der Waals surface area contributed by atoms with Gasteiger partial charge in [0.2, 0.25) is 0 Å². The summed E-state index contributed by atoms with van der Waals surface area (Å²) in [6.07, 6.45) is 3.47. The first-order valence-corrected chi connectivity index (χ1v) is 10.8. The molecule has 0 fully saturated rings. The fraction of sp³-hybridized carbons (Fsp3) is 0.148. The standard InChI is InChI=1S/C27H24ClNO4/c1-30-22-7-3-19(4-8-22)17-32-25-12-11-24(21-13-15-29-16-14-21)26(28)27(25)33-18-20-5-9-23(31-2)10-6-20/h3-16H,17-18H2,1-2H3. The van der Waals surface area contributed by atoms with Gasteiger partial charge < -0.3 is 18.9 Å². The first-order valence-electron chi connectivity index (χ1n) is 10.4. The van der Waals surface area contributed by atoms with E-state index in [2.05, 4.69) is 4.98 Å². The number of pyridine rings is 1. The quantitative estimate of drug-likeness (QED) is 0.282. The lowest BCUT2D eigenvalue weighted by Crippen LogP contribution is -2.02. The van der Waals surface area contributed by atoms with Crippen LogP contribution in [0.15, 0.2) is 85.2 Å². The molecule has 0 atom stereocenters. The van der Waals surface area contributed by atoms with E-state index < -0.39 is 0 Å². The Labute approximate surface area is 198 Å². The molecule has 0 amide bonds. The van der Waals surface area contributed by atoms with Crippen molar-refractivity contribution in [3.63, 3.8) is 0 Å². The third-order valence-electron chi connectivity index (χ3n) is 5.15. The third kappa shape index (κ3) is 5.57. The molecule has 33 heavy (non-hydrogen) atoms. The normalized spacial score (nSPS) is 10.5. The van der Waals surface area contributed by atoms with Gasteiger partial charge in [-0.2, -0.15) is 0 Å². The maximum Gasteiger partial charge on any atom is 0.180 e. The van der Waals surface area contributed by atoms with Crippen LogP contribution in [0.1, 0.15) is 11.1 Å². The molecule has 168 valence electrons. The van der Waals surface area contributed by atoms with Crippen LogP contribution < -0.4 is 18.9 Å². The van der Waals surface area contributed by atoms with E-state index in [4.69, 9.17) is 30.5 Å². The van der Waals surface area contributed by atoms with Crippen molar-refractivity contribution in [1.29, 1.82) is 0 Å². The molecule has 0 aliphatic carbocycles. The minimum atomic E-state index is 0.336. The monoisotopic (exact) mass is 461 g/mol. The number of aromatic nitrogens is 1. The Hall–Kier alpha value is -3.70. The molecular formula is C27H24ClNO4. The number of nitrogens with zero attached hydrogens (tertiary/aromatic N) is 1. The molecule has 0 unspecified atom stereocenters. The first kappa shape index (κ1) is 22.5. The Morgan fingerprint density at radius 3 is 1.76 bits per heavy atom. The van der Waals surface area contributed by atoms with Gasteiger partial charge >= 0.3 is 0 Å². The van der Waals surface area contributed by atoms with Crippen LogP contribution in [-0.2, 0) is 13.2 Å². The lowest BCUT2D eigenvalue weighted by molar-refractivity contribution is 0.256. The predicted octanol–water partition coefficient (Wildman–Crippen LogP) is 6.58. The van der Waals surface area contributed by atoms with Crippen LogP contribution in [0.25, 0.3) is 11.1 Å². The van der Waals surface area contributed by atoms with Gasteiger partial charge in [0, 0.05) is 18.0 Å². The maximum atomic E-state index is 6.82. The molecule has 0 spiro atoms. The second-order valence-corrected chi connectivity index (χ2v) is 7.64. The van der Waals surface area contributed by atoms with E-state index in [0.717, 1.165) is 33.8 Å². The number of hydrogen-bond acceptors (Lipinski definition) is 5. The lowest BCUT2D eigenvalue weighted by atomic mass is 10.1. The molecule has 3 aromatic carbocycles. The van der Waals surface area contributed by atoms with Crippen molar-refractivity contribution >= 4 is 11.6 Å². The number of benzene rings is 3. The largest absolute Gasteiger partial charge is 0.497 e. The number of hydrogen-bond donors (Lipinski definition) is 0. The molecule has 0 saturated heterocycles. The second kappa shape index (κ2) is 10.7. The smallest absolute Gasteiger partial charge is 0.180 e. The summed E-state index contributed by atoms with van der Waals surface area (Å²) in [5.41, 5.74) is 3.79. The summed E-state index contributed by atoms with van der Waals surface area (Å²) in [6.45, 7) is 0.705. The number of halogens is 1. The van der Waals surface area contributed by atoms with Gasteiger partial charge in [0.15, 0.2) is 11.5 Å². The van der Waals surface area contributed by atoms with Gasteiger partial charge in [0.05, 0.1) is 19.2 Å². The van der Waals surface area contributed by atoms with E-state index in [-0.39, 0.29) is 0 Å². The van der Waals surface area contributed by atoms with Crippen LogP contribution in [0.4, 0.5) is 0 Å². The van der Waals surface area contributed by atoms with Gasteiger partial charge in [0.1, 0.15) is 24.7 Å². The highest BCUT2D eigenvalue weighted by molar-refractivity contribution is 6.35. The van der Waals surface area contributed by atoms with Crippen molar-refractivity contribution in [3.05, 3.63) is 101 Å². The van der Waals surface area contributed by atoms with E-state index >= 15 is 0 Å². The minimum absolute atomic E-state index is 0.336. The zero-order valence-electron chi connectivity index (χ0n) is 18.5. The summed E-state index contributed by atoms with van der Waals surface area (Å²) in [7, 11) is 3.28. The van der Waals surface area contributed by atoms with Crippen LogP contribution in [0, 0.1) is 0 Å². The fourth-order valence-corrected chi connectivity index (χ4v) is 3.62. The molecule has 1 heterocycles. The molecule has 4 rings (SSSR count). The van der Waals surface area contributed by atoms with Crippen molar-refractivity contribution in [1.82, 2.24) is 4.98 Å². The van der Waals surface area contributed by atoms with Crippen molar-refractivity contribution in [2.24, 2.45) is 0 Å². The Bertz CT molecular complexity index is 1180. The maximum absolute atomic E-state index is 6.82. The van der Waals surface area contributed by atoms with Crippen LogP contribution in [0.3, 0.4) is 0 Å². The topological polar surface area (TPSA) is 49.8 Å². The Morgan fingerprint density at radius 1 is 0.667 bits per heavy atom. The first-order chi connectivity index (χ1) is 16.2. The van der Waals surface area contributed by atoms with E-state index in [1.54, 1.807) is 26.6 Å². The van der Waals surface area contributed by atoms with E-state index in [1.807, 2.05) is 72.8 Å². The SMILES string of the molecule is COc1ccc(COc2ccc(-c3ccncc3)c(Cl)c2OCc2ccc(OC)cc2)cc1. The van der Waals surface area contributed by atoms with Crippen molar-refractivity contribution in [3.8, 4) is 34.1 Å². The molecule has 0 saturated carbocycles. The average Bonchev–Trinajstić information content (AvgIpc) is 2.88. The van der Waals surface area contributed by atoms with Crippen molar-refractivity contribution in [2.45, 2.75) is 13.2 Å². The molecule has 0 bridgehead atoms. The zero-order chi connectivity index (χ0) is 23.0. The molecule has 6 heteroatoms. The summed E-state index contributed by atoms with van der Waals surface area (Å²) in [5, 5.41) is 0.488. The van der Waals surface area contributed by atoms with Crippen molar-refractivity contribution < 1.29 is 18.9 Å². The molecule has 0 aliphatic heterocycles. The summed E-state index contributed by atoms with van der Waals surface area (Å²) in [5.74, 6) is 2.66.